The van der Waals surface area contributed by atoms with Crippen LogP contribution < -0.4 is 5.32 Å². The van der Waals surface area contributed by atoms with Crippen molar-refractivity contribution in [1.29, 1.82) is 0 Å². The standard InChI is InChI=1S/C13H16F3N5O/c1-4-21-7-9(8(2)18-21)6-17-12(22)10-5-11(13(14,15)16)19-20(10)3/h5,7H,4,6H2,1-3H3,(H,17,22). The second kappa shape index (κ2) is 5.82. The Balaban J connectivity index is 2.09. The fourth-order valence-electron chi connectivity index (χ4n) is 1.98. The van der Waals surface area contributed by atoms with E-state index in [0.717, 1.165) is 22.0 Å². The van der Waals surface area contributed by atoms with Gasteiger partial charge in [0.1, 0.15) is 5.69 Å². The molecule has 6 nitrogen and oxygen atoms in total. The number of alkyl halides is 3. The zero-order valence-corrected chi connectivity index (χ0v) is 12.4. The van der Waals surface area contributed by atoms with Gasteiger partial charge in [-0.25, -0.2) is 0 Å². The number of rotatable bonds is 4. The minimum Gasteiger partial charge on any atom is -0.347 e. The van der Waals surface area contributed by atoms with Crippen LogP contribution in [0.2, 0.25) is 0 Å². The van der Waals surface area contributed by atoms with Gasteiger partial charge in [-0.05, 0) is 13.8 Å². The molecule has 0 aliphatic heterocycles. The van der Waals surface area contributed by atoms with E-state index in [2.05, 4.69) is 15.5 Å². The molecule has 0 radical (unpaired) electrons. The van der Waals surface area contributed by atoms with Crippen molar-refractivity contribution >= 4 is 5.91 Å². The lowest BCUT2D eigenvalue weighted by Crippen LogP contribution is -2.25. The molecule has 22 heavy (non-hydrogen) atoms. The van der Waals surface area contributed by atoms with Crippen molar-refractivity contribution in [3.63, 3.8) is 0 Å². The molecule has 0 saturated carbocycles. The van der Waals surface area contributed by atoms with Gasteiger partial charge in [0.25, 0.3) is 5.91 Å². The molecule has 0 atom stereocenters. The molecule has 2 aromatic heterocycles. The maximum Gasteiger partial charge on any atom is 0.435 e. The van der Waals surface area contributed by atoms with Gasteiger partial charge in [-0.2, -0.15) is 23.4 Å². The van der Waals surface area contributed by atoms with Gasteiger partial charge in [0.2, 0.25) is 0 Å². The molecule has 9 heteroatoms. The Bertz CT molecular complexity index is 686. The molecule has 2 aromatic rings. The Labute approximate surface area is 124 Å². The summed E-state index contributed by atoms with van der Waals surface area (Å²) in [5, 5.41) is 10.1. The van der Waals surface area contributed by atoms with Crippen LogP contribution >= 0.6 is 0 Å². The molecule has 0 unspecified atom stereocenters. The lowest BCUT2D eigenvalue weighted by atomic mass is 10.2. The molecular formula is C13H16F3N5O. The van der Waals surface area contributed by atoms with E-state index in [4.69, 9.17) is 0 Å². The van der Waals surface area contributed by atoms with Crippen LogP contribution in [0.1, 0.15) is 34.4 Å². The highest BCUT2D eigenvalue weighted by Gasteiger charge is 2.35. The lowest BCUT2D eigenvalue weighted by Gasteiger charge is -2.04. The Kier molecular flexibility index (Phi) is 4.25. The van der Waals surface area contributed by atoms with Crippen LogP contribution in [0.3, 0.4) is 0 Å². The average Bonchev–Trinajstić information content (AvgIpc) is 2.99. The highest BCUT2D eigenvalue weighted by Crippen LogP contribution is 2.28. The normalized spacial score (nSPS) is 11.7. The minimum absolute atomic E-state index is 0.145. The summed E-state index contributed by atoms with van der Waals surface area (Å²) in [6.07, 6.45) is -2.78. The van der Waals surface area contributed by atoms with Crippen LogP contribution in [0.15, 0.2) is 12.3 Å². The zero-order chi connectivity index (χ0) is 16.5. The summed E-state index contributed by atoms with van der Waals surface area (Å²) in [4.78, 5) is 12.0. The monoisotopic (exact) mass is 315 g/mol. The number of hydrogen-bond donors (Lipinski definition) is 1. The average molecular weight is 315 g/mol. The molecule has 1 N–H and O–H groups in total. The van der Waals surface area contributed by atoms with E-state index in [1.54, 1.807) is 17.8 Å². The first-order valence-corrected chi connectivity index (χ1v) is 6.64. The van der Waals surface area contributed by atoms with Crippen molar-refractivity contribution in [2.45, 2.75) is 33.1 Å². The molecular weight excluding hydrogens is 299 g/mol. The molecule has 0 aliphatic rings. The first-order chi connectivity index (χ1) is 10.2. The van der Waals surface area contributed by atoms with Crippen LogP contribution in [-0.2, 0) is 26.3 Å². The number of carbonyl (C=O) groups excluding carboxylic acids is 1. The number of aryl methyl sites for hydroxylation is 3. The number of amides is 1. The van der Waals surface area contributed by atoms with Gasteiger partial charge in [-0.15, -0.1) is 0 Å². The first-order valence-electron chi connectivity index (χ1n) is 6.64. The third-order valence-corrected chi connectivity index (χ3v) is 3.21. The quantitative estimate of drug-likeness (QED) is 0.937. The number of nitrogens with zero attached hydrogens (tertiary/aromatic N) is 4. The van der Waals surface area contributed by atoms with Crippen molar-refractivity contribution in [3.8, 4) is 0 Å². The first kappa shape index (κ1) is 16.1. The Hall–Kier alpha value is -2.32. The maximum absolute atomic E-state index is 12.6. The summed E-state index contributed by atoms with van der Waals surface area (Å²) in [6.45, 7) is 4.63. The summed E-state index contributed by atoms with van der Waals surface area (Å²) in [7, 11) is 1.30. The van der Waals surface area contributed by atoms with Crippen LogP contribution in [-0.4, -0.2) is 25.5 Å². The molecule has 0 aromatic carbocycles. The van der Waals surface area contributed by atoms with E-state index in [1.165, 1.54) is 7.05 Å². The summed E-state index contributed by atoms with van der Waals surface area (Å²) in [6, 6.07) is 0.734. The SMILES string of the molecule is CCn1cc(CNC(=O)c2cc(C(F)(F)F)nn2C)c(C)n1. The third-order valence-electron chi connectivity index (χ3n) is 3.21. The number of hydrogen-bond acceptors (Lipinski definition) is 3. The van der Waals surface area contributed by atoms with Gasteiger partial charge in [0.15, 0.2) is 5.69 Å². The summed E-state index contributed by atoms with van der Waals surface area (Å²) < 4.78 is 40.4. The summed E-state index contributed by atoms with van der Waals surface area (Å²) >= 11 is 0. The van der Waals surface area contributed by atoms with Crippen LogP contribution in [0, 0.1) is 6.92 Å². The highest BCUT2D eigenvalue weighted by atomic mass is 19.4. The fraction of sp³-hybridized carbons (Fsp3) is 0.462. The van der Waals surface area contributed by atoms with Crippen molar-refractivity contribution in [1.82, 2.24) is 24.9 Å². The van der Waals surface area contributed by atoms with Crippen LogP contribution in [0.25, 0.3) is 0 Å². The van der Waals surface area contributed by atoms with Crippen molar-refractivity contribution in [3.05, 3.63) is 34.9 Å². The minimum atomic E-state index is -4.57. The van der Waals surface area contributed by atoms with E-state index in [-0.39, 0.29) is 12.2 Å². The van der Waals surface area contributed by atoms with Crippen molar-refractivity contribution in [2.75, 3.05) is 0 Å². The molecule has 1 amide bonds. The van der Waals surface area contributed by atoms with Gasteiger partial charge in [-0.1, -0.05) is 0 Å². The predicted molar refractivity (Wildman–Crippen MR) is 72.0 cm³/mol. The van der Waals surface area contributed by atoms with Gasteiger partial charge in [0, 0.05) is 38.0 Å². The Morgan fingerprint density at radius 2 is 2.05 bits per heavy atom. The van der Waals surface area contributed by atoms with E-state index in [0.29, 0.717) is 6.54 Å². The molecule has 120 valence electrons. The zero-order valence-electron chi connectivity index (χ0n) is 12.4. The Morgan fingerprint density at radius 1 is 1.36 bits per heavy atom. The van der Waals surface area contributed by atoms with Gasteiger partial charge >= 0.3 is 6.18 Å². The topological polar surface area (TPSA) is 64.7 Å². The van der Waals surface area contributed by atoms with Crippen molar-refractivity contribution in [2.24, 2.45) is 7.05 Å². The van der Waals surface area contributed by atoms with Gasteiger partial charge in [-0.3, -0.25) is 14.2 Å². The fourth-order valence-corrected chi connectivity index (χ4v) is 1.98. The van der Waals surface area contributed by atoms with Gasteiger partial charge in [0.05, 0.1) is 5.69 Å². The van der Waals surface area contributed by atoms with E-state index in [1.807, 2.05) is 6.92 Å². The molecule has 0 aliphatic carbocycles. The maximum atomic E-state index is 12.6. The van der Waals surface area contributed by atoms with Crippen LogP contribution in [0.4, 0.5) is 13.2 Å². The van der Waals surface area contributed by atoms with E-state index >= 15 is 0 Å². The predicted octanol–water partition coefficient (Wildman–Crippen LogP) is 1.89. The molecule has 0 saturated heterocycles. The molecule has 2 rings (SSSR count). The van der Waals surface area contributed by atoms with Gasteiger partial charge < -0.3 is 5.32 Å². The van der Waals surface area contributed by atoms with Crippen molar-refractivity contribution < 1.29 is 18.0 Å². The second-order valence-corrected chi connectivity index (χ2v) is 4.81. The second-order valence-electron chi connectivity index (χ2n) is 4.81. The number of halogens is 3. The number of nitrogens with one attached hydrogen (secondary N) is 1. The third kappa shape index (κ3) is 3.29. The summed E-state index contributed by atoms with van der Waals surface area (Å²) in [5.74, 6) is -0.617. The summed E-state index contributed by atoms with van der Waals surface area (Å²) in [5.41, 5.74) is 0.347. The number of aromatic nitrogens is 4. The highest BCUT2D eigenvalue weighted by molar-refractivity contribution is 5.92. The van der Waals surface area contributed by atoms with E-state index in [9.17, 15) is 18.0 Å². The lowest BCUT2D eigenvalue weighted by molar-refractivity contribution is -0.141. The smallest absolute Gasteiger partial charge is 0.347 e. The number of carbonyl (C=O) groups is 1. The molecule has 0 spiro atoms. The Morgan fingerprint density at radius 3 is 2.55 bits per heavy atom. The largest absolute Gasteiger partial charge is 0.435 e. The van der Waals surface area contributed by atoms with E-state index < -0.39 is 17.8 Å². The van der Waals surface area contributed by atoms with Crippen LogP contribution in [0.5, 0.6) is 0 Å². The molecule has 2 heterocycles. The molecule has 0 bridgehead atoms. The molecule has 0 fully saturated rings.